The lowest BCUT2D eigenvalue weighted by molar-refractivity contribution is 0.0412. The van der Waals surface area contributed by atoms with Crippen molar-refractivity contribution in [1.29, 1.82) is 0 Å². The number of aromatic hydroxyl groups is 6. The Balaban J connectivity index is 0.000000572. The van der Waals surface area contributed by atoms with Crippen molar-refractivity contribution in [3.05, 3.63) is 38.5 Å². The number of hydrogen-bond donors (Lipinski definition) is 10. The molecule has 0 unspecified atom stereocenters. The lowest BCUT2D eigenvalue weighted by atomic mass is 9.96. The zero-order chi connectivity index (χ0) is 30.2. The van der Waals surface area contributed by atoms with E-state index in [-0.39, 0.29) is 27.4 Å². The fourth-order valence-corrected chi connectivity index (χ4v) is 3.79. The molecule has 1 fully saturated rings. The van der Waals surface area contributed by atoms with Crippen LogP contribution in [0.1, 0.15) is 29.6 Å². The van der Waals surface area contributed by atoms with Crippen molar-refractivity contribution < 1.29 is 40.2 Å². The van der Waals surface area contributed by atoms with E-state index >= 15 is 0 Å². The normalized spacial score (nSPS) is 12.8. The Morgan fingerprint density at radius 3 is 2.29 bits per heavy atom. The largest absolute Gasteiger partial charge is 0.503 e. The van der Waals surface area contributed by atoms with E-state index in [1.165, 1.54) is 36.9 Å². The van der Waals surface area contributed by atoms with Gasteiger partial charge in [0.15, 0.2) is 17.2 Å². The van der Waals surface area contributed by atoms with Gasteiger partial charge in [-0.2, -0.15) is 9.61 Å². The fourth-order valence-electron chi connectivity index (χ4n) is 3.79. The lowest BCUT2D eigenvalue weighted by Crippen LogP contribution is -2.22. The van der Waals surface area contributed by atoms with Gasteiger partial charge in [0.1, 0.15) is 22.9 Å². The predicted molar refractivity (Wildman–Crippen MR) is 142 cm³/mol. The summed E-state index contributed by atoms with van der Waals surface area (Å²) in [6, 6.07) is 1.31. The SMILES string of the molecule is CNc1cc(Nc2c(O)c(O)c(=O)n(-c3[nH]c(=O)c(O)c(O)c3O)c2O)nc2c(C(N)=O)cnn12.COC1CCC1. The Hall–Kier alpha value is -5.65. The van der Waals surface area contributed by atoms with E-state index in [2.05, 4.69) is 20.7 Å². The third kappa shape index (κ3) is 4.93. The van der Waals surface area contributed by atoms with E-state index < -0.39 is 63.2 Å². The molecule has 218 valence electrons. The molecule has 0 bridgehead atoms. The molecular weight excluding hydrogens is 548 g/mol. The van der Waals surface area contributed by atoms with Crippen molar-refractivity contribution in [2.24, 2.45) is 5.73 Å². The van der Waals surface area contributed by atoms with Crippen molar-refractivity contribution in [2.75, 3.05) is 24.8 Å². The summed E-state index contributed by atoms with van der Waals surface area (Å²) in [6.07, 6.45) is 5.73. The minimum atomic E-state index is -1.52. The second-order valence-corrected chi connectivity index (χ2v) is 8.73. The van der Waals surface area contributed by atoms with E-state index in [0.717, 1.165) is 6.20 Å². The minimum Gasteiger partial charge on any atom is -0.503 e. The highest BCUT2D eigenvalue weighted by Crippen LogP contribution is 2.43. The molecule has 0 spiro atoms. The first-order valence-electron chi connectivity index (χ1n) is 11.8. The number of aromatic amines is 1. The summed E-state index contributed by atoms with van der Waals surface area (Å²) in [6.45, 7) is 0. The number of primary amides is 1. The number of H-pyrrole nitrogens is 1. The van der Waals surface area contributed by atoms with Crippen molar-refractivity contribution in [1.82, 2.24) is 24.1 Å². The third-order valence-corrected chi connectivity index (χ3v) is 6.28. The van der Waals surface area contributed by atoms with Crippen LogP contribution in [0.25, 0.3) is 11.5 Å². The number of fused-ring (bicyclic) bond motifs is 1. The maximum atomic E-state index is 12.5. The Morgan fingerprint density at radius 1 is 1.07 bits per heavy atom. The number of pyridine rings is 2. The van der Waals surface area contributed by atoms with Crippen LogP contribution < -0.4 is 27.5 Å². The van der Waals surface area contributed by atoms with Crippen LogP contribution in [-0.2, 0) is 4.74 Å². The van der Waals surface area contributed by atoms with Gasteiger partial charge in [-0.25, -0.2) is 9.55 Å². The number of carbonyl (C=O) groups excluding carboxylic acids is 1. The van der Waals surface area contributed by atoms with Gasteiger partial charge in [0, 0.05) is 20.2 Å². The van der Waals surface area contributed by atoms with Crippen LogP contribution in [0, 0.1) is 0 Å². The zero-order valence-electron chi connectivity index (χ0n) is 21.5. The molecule has 0 saturated heterocycles. The van der Waals surface area contributed by atoms with Crippen LogP contribution in [0.4, 0.5) is 17.3 Å². The maximum Gasteiger partial charge on any atom is 0.305 e. The average molecular weight is 575 g/mol. The highest BCUT2D eigenvalue weighted by atomic mass is 16.5. The third-order valence-electron chi connectivity index (χ3n) is 6.28. The first-order chi connectivity index (χ1) is 19.4. The van der Waals surface area contributed by atoms with Gasteiger partial charge in [-0.05, 0) is 19.3 Å². The number of nitrogens with zero attached hydrogens (tertiary/aromatic N) is 4. The number of anilines is 3. The lowest BCUT2D eigenvalue weighted by Gasteiger charge is -2.22. The van der Waals surface area contributed by atoms with Crippen LogP contribution >= 0.6 is 0 Å². The summed E-state index contributed by atoms with van der Waals surface area (Å²) in [5.41, 5.74) is 1.60. The molecule has 0 aromatic carbocycles. The van der Waals surface area contributed by atoms with Gasteiger partial charge in [0.25, 0.3) is 11.5 Å². The summed E-state index contributed by atoms with van der Waals surface area (Å²) in [5.74, 6) is -9.19. The summed E-state index contributed by atoms with van der Waals surface area (Å²) in [4.78, 5) is 42.0. The van der Waals surface area contributed by atoms with E-state index in [4.69, 9.17) is 10.5 Å². The average Bonchev–Trinajstić information content (AvgIpc) is 3.35. The number of carbonyl (C=O) groups is 1. The van der Waals surface area contributed by atoms with E-state index in [0.29, 0.717) is 6.10 Å². The molecule has 1 aliphatic carbocycles. The van der Waals surface area contributed by atoms with Gasteiger partial charge in [-0.3, -0.25) is 14.4 Å². The van der Waals surface area contributed by atoms with E-state index in [9.17, 15) is 45.0 Å². The van der Waals surface area contributed by atoms with Crippen molar-refractivity contribution in [2.45, 2.75) is 25.4 Å². The molecule has 4 aromatic heterocycles. The molecule has 11 N–H and O–H groups in total. The molecule has 4 aromatic rings. The molecule has 41 heavy (non-hydrogen) atoms. The molecule has 0 radical (unpaired) electrons. The highest BCUT2D eigenvalue weighted by molar-refractivity contribution is 5.99. The number of ether oxygens (including phenoxy) is 1. The van der Waals surface area contributed by atoms with Gasteiger partial charge >= 0.3 is 5.56 Å². The molecule has 0 aliphatic heterocycles. The highest BCUT2D eigenvalue weighted by Gasteiger charge is 2.27. The van der Waals surface area contributed by atoms with Crippen LogP contribution in [0.15, 0.2) is 21.9 Å². The predicted octanol–water partition coefficient (Wildman–Crippen LogP) is -0.128. The Morgan fingerprint density at radius 2 is 1.76 bits per heavy atom. The number of rotatable bonds is 6. The summed E-state index contributed by atoms with van der Waals surface area (Å²) < 4.78 is 6.35. The summed E-state index contributed by atoms with van der Waals surface area (Å²) in [7, 11) is 3.30. The number of amides is 1. The molecule has 1 saturated carbocycles. The molecule has 4 heterocycles. The number of nitrogens with one attached hydrogen (secondary N) is 3. The van der Waals surface area contributed by atoms with Gasteiger partial charge in [-0.15, -0.1) is 0 Å². The van der Waals surface area contributed by atoms with Gasteiger partial charge in [0.05, 0.1) is 12.3 Å². The second-order valence-electron chi connectivity index (χ2n) is 8.73. The Bertz CT molecular complexity index is 1770. The van der Waals surface area contributed by atoms with Crippen molar-refractivity contribution in [3.63, 3.8) is 0 Å². The van der Waals surface area contributed by atoms with Crippen molar-refractivity contribution in [3.8, 4) is 40.4 Å². The summed E-state index contributed by atoms with van der Waals surface area (Å²) >= 11 is 0. The van der Waals surface area contributed by atoms with Gasteiger partial charge < -0.3 is 56.7 Å². The van der Waals surface area contributed by atoms with E-state index in [1.54, 1.807) is 7.11 Å². The zero-order valence-corrected chi connectivity index (χ0v) is 21.5. The first-order valence-corrected chi connectivity index (χ1v) is 11.8. The molecule has 0 atom stereocenters. The molecular formula is C23H26N8O10. The molecule has 18 heteroatoms. The number of hydrogen-bond acceptors (Lipinski definition) is 14. The number of aromatic nitrogens is 5. The van der Waals surface area contributed by atoms with Crippen molar-refractivity contribution >= 4 is 28.9 Å². The second kappa shape index (κ2) is 10.8. The first kappa shape index (κ1) is 28.4. The number of nitrogens with two attached hydrogens (primary N) is 1. The van der Waals surface area contributed by atoms with Crippen LogP contribution in [0.2, 0.25) is 0 Å². The molecule has 1 amide bonds. The van der Waals surface area contributed by atoms with Crippen LogP contribution in [-0.4, -0.2) is 81.0 Å². The van der Waals surface area contributed by atoms with Crippen LogP contribution in [0.3, 0.4) is 0 Å². The Kier molecular flexibility index (Phi) is 7.50. The number of methoxy groups -OCH3 is 1. The topological polar surface area (TPSA) is 283 Å². The van der Waals surface area contributed by atoms with Gasteiger partial charge in [-0.1, -0.05) is 0 Å². The molecule has 5 rings (SSSR count). The fraction of sp³-hybridized carbons (Fsp3) is 0.261. The van der Waals surface area contributed by atoms with Gasteiger partial charge in [0.2, 0.25) is 28.9 Å². The summed E-state index contributed by atoms with van der Waals surface area (Å²) in [5, 5.41) is 69.7. The smallest absolute Gasteiger partial charge is 0.305 e. The minimum absolute atomic E-state index is 0.0335. The molecule has 18 nitrogen and oxygen atoms in total. The maximum absolute atomic E-state index is 12.5. The quantitative estimate of drug-likeness (QED) is 0.144. The van der Waals surface area contributed by atoms with E-state index in [1.807, 2.05) is 4.98 Å². The Labute approximate surface area is 228 Å². The molecule has 1 aliphatic rings. The monoisotopic (exact) mass is 574 g/mol. The van der Waals surface area contributed by atoms with Crippen LogP contribution in [0.5, 0.6) is 34.6 Å². The standard InChI is InChI=1S/C18H16N8O9.C5H10O/c1-20-6-2-5(23-14-4(13(19)32)3-21-26(6)14)22-7-8(27)12(31)18(35)25(17(7)34)15-10(29)9(28)11(30)16(33)24-15;1-6-5-3-2-4-5/h2-3,20,27,29-31,34H,1H3,(H2,19,32)(H,22,23)(H2,24,28,33);5H,2-4H2,1H3.